The van der Waals surface area contributed by atoms with Crippen LogP contribution in [0.1, 0.15) is 12.5 Å². The normalized spacial score (nSPS) is 10.3. The molecule has 15 heavy (non-hydrogen) atoms. The molecule has 0 aromatic heterocycles. The predicted molar refractivity (Wildman–Crippen MR) is 68.8 cm³/mol. The molecule has 0 spiro atoms. The maximum Gasteiger partial charge on any atom is 0.137 e. The summed E-state index contributed by atoms with van der Waals surface area (Å²) in [5, 5.41) is 0.788. The predicted octanol–water partition coefficient (Wildman–Crippen LogP) is 3.76. The van der Waals surface area contributed by atoms with Gasteiger partial charge in [-0.1, -0.05) is 28.1 Å². The minimum atomic E-state index is 0.580. The Balaban J connectivity index is 2.58. The third-order valence-electron chi connectivity index (χ3n) is 1.87. The Hall–Kier alpha value is -0.0600. The van der Waals surface area contributed by atoms with Crippen LogP contribution in [-0.4, -0.2) is 19.8 Å². The Morgan fingerprint density at radius 2 is 2.07 bits per heavy atom. The van der Waals surface area contributed by atoms with Gasteiger partial charge in [-0.2, -0.15) is 0 Å². The average molecular weight is 338 g/mol. The van der Waals surface area contributed by atoms with E-state index in [0.717, 1.165) is 27.7 Å². The Bertz CT molecular complexity index is 303. The second kappa shape index (κ2) is 7.25. The molecule has 0 N–H and O–H groups in total. The molecule has 0 fully saturated rings. The van der Waals surface area contributed by atoms with Gasteiger partial charge in [0.2, 0.25) is 0 Å². The Labute approximate surface area is 107 Å². The highest BCUT2D eigenvalue weighted by Gasteiger charge is 2.06. The molecule has 0 saturated carbocycles. The van der Waals surface area contributed by atoms with Crippen LogP contribution >= 0.6 is 31.9 Å². The van der Waals surface area contributed by atoms with Gasteiger partial charge in [-0.15, -0.1) is 0 Å². The average Bonchev–Trinajstić information content (AvgIpc) is 2.26. The van der Waals surface area contributed by atoms with Gasteiger partial charge in [-0.25, -0.2) is 0 Å². The van der Waals surface area contributed by atoms with E-state index in [9.17, 15) is 0 Å². The lowest BCUT2D eigenvalue weighted by atomic mass is 10.2. The Kier molecular flexibility index (Phi) is 6.29. The fraction of sp³-hybridized carbons (Fsp3) is 0.455. The second-order valence-corrected chi connectivity index (χ2v) is 4.32. The summed E-state index contributed by atoms with van der Waals surface area (Å²) in [6.07, 6.45) is 0. The van der Waals surface area contributed by atoms with E-state index >= 15 is 0 Å². The molecule has 1 aromatic carbocycles. The van der Waals surface area contributed by atoms with Gasteiger partial charge in [0.1, 0.15) is 12.4 Å². The van der Waals surface area contributed by atoms with Gasteiger partial charge in [-0.05, 0) is 28.9 Å². The zero-order valence-corrected chi connectivity index (χ0v) is 11.8. The van der Waals surface area contributed by atoms with Gasteiger partial charge in [0.05, 0.1) is 11.1 Å². The van der Waals surface area contributed by atoms with Crippen molar-refractivity contribution in [3.8, 4) is 5.75 Å². The summed E-state index contributed by atoms with van der Waals surface area (Å²) in [5.74, 6) is 0.897. The van der Waals surface area contributed by atoms with Gasteiger partial charge in [0.25, 0.3) is 0 Å². The van der Waals surface area contributed by atoms with Crippen molar-refractivity contribution in [1.29, 1.82) is 0 Å². The zero-order valence-electron chi connectivity index (χ0n) is 8.63. The van der Waals surface area contributed by atoms with Crippen LogP contribution in [0.25, 0.3) is 0 Å². The summed E-state index contributed by atoms with van der Waals surface area (Å²) >= 11 is 6.90. The zero-order chi connectivity index (χ0) is 11.1. The summed E-state index contributed by atoms with van der Waals surface area (Å²) in [7, 11) is 0. The molecule has 4 heteroatoms. The van der Waals surface area contributed by atoms with Crippen molar-refractivity contribution in [2.75, 3.05) is 19.8 Å². The molecular formula is C11H14Br2O2. The lowest BCUT2D eigenvalue weighted by Gasteiger charge is -2.11. The lowest BCUT2D eigenvalue weighted by Crippen LogP contribution is -2.07. The smallest absolute Gasteiger partial charge is 0.137 e. The minimum absolute atomic E-state index is 0.580. The van der Waals surface area contributed by atoms with Gasteiger partial charge < -0.3 is 9.47 Å². The maximum atomic E-state index is 5.66. The first-order valence-corrected chi connectivity index (χ1v) is 6.75. The number of alkyl halides is 1. The first-order chi connectivity index (χ1) is 7.29. The molecule has 0 unspecified atom stereocenters. The van der Waals surface area contributed by atoms with Crippen molar-refractivity contribution in [3.63, 3.8) is 0 Å². The van der Waals surface area contributed by atoms with Crippen LogP contribution in [0.15, 0.2) is 22.7 Å². The van der Waals surface area contributed by atoms with E-state index in [1.165, 1.54) is 0 Å². The van der Waals surface area contributed by atoms with Crippen LogP contribution in [0.4, 0.5) is 0 Å². The third kappa shape index (κ3) is 4.13. The standard InChI is InChI=1S/C11H14Br2O2/c1-2-14-6-7-15-11-9(8-12)4-3-5-10(11)13/h3-5H,2,6-8H2,1H3. The van der Waals surface area contributed by atoms with Crippen molar-refractivity contribution >= 4 is 31.9 Å². The van der Waals surface area contributed by atoms with Crippen molar-refractivity contribution in [1.82, 2.24) is 0 Å². The van der Waals surface area contributed by atoms with Gasteiger partial charge in [0, 0.05) is 17.5 Å². The summed E-state index contributed by atoms with van der Waals surface area (Å²) in [6, 6.07) is 6.01. The first kappa shape index (κ1) is 13.0. The van der Waals surface area contributed by atoms with E-state index in [4.69, 9.17) is 9.47 Å². The fourth-order valence-corrected chi connectivity index (χ4v) is 2.13. The molecule has 2 nitrogen and oxygen atoms in total. The van der Waals surface area contributed by atoms with E-state index < -0.39 is 0 Å². The number of para-hydroxylation sites is 1. The minimum Gasteiger partial charge on any atom is -0.490 e. The number of rotatable bonds is 6. The number of hydrogen-bond acceptors (Lipinski definition) is 2. The second-order valence-electron chi connectivity index (χ2n) is 2.91. The van der Waals surface area contributed by atoms with E-state index in [0.29, 0.717) is 13.2 Å². The third-order valence-corrected chi connectivity index (χ3v) is 3.10. The number of benzene rings is 1. The van der Waals surface area contributed by atoms with E-state index in [1.54, 1.807) is 0 Å². The number of halogens is 2. The molecule has 0 heterocycles. The molecule has 0 saturated heterocycles. The topological polar surface area (TPSA) is 18.5 Å². The summed E-state index contributed by atoms with van der Waals surface area (Å²) in [6.45, 7) is 3.91. The van der Waals surface area contributed by atoms with Gasteiger partial charge >= 0.3 is 0 Å². The fourth-order valence-electron chi connectivity index (χ4n) is 1.17. The molecule has 0 amide bonds. The highest BCUT2D eigenvalue weighted by atomic mass is 79.9. The molecule has 0 aliphatic carbocycles. The lowest BCUT2D eigenvalue weighted by molar-refractivity contribution is 0.109. The van der Waals surface area contributed by atoms with Crippen LogP contribution in [0.5, 0.6) is 5.75 Å². The van der Waals surface area contributed by atoms with Crippen molar-refractivity contribution in [3.05, 3.63) is 28.2 Å². The van der Waals surface area contributed by atoms with E-state index in [-0.39, 0.29) is 0 Å². The molecule has 0 aliphatic rings. The van der Waals surface area contributed by atoms with E-state index in [1.807, 2.05) is 25.1 Å². The highest BCUT2D eigenvalue weighted by molar-refractivity contribution is 9.10. The van der Waals surface area contributed by atoms with Crippen LogP contribution < -0.4 is 4.74 Å². The molecule has 0 bridgehead atoms. The maximum absolute atomic E-state index is 5.66. The van der Waals surface area contributed by atoms with Crippen molar-refractivity contribution < 1.29 is 9.47 Å². The molecule has 84 valence electrons. The molecule has 0 atom stereocenters. The molecule has 0 aliphatic heterocycles. The molecular weight excluding hydrogens is 324 g/mol. The Morgan fingerprint density at radius 3 is 2.73 bits per heavy atom. The van der Waals surface area contributed by atoms with Crippen molar-refractivity contribution in [2.45, 2.75) is 12.3 Å². The van der Waals surface area contributed by atoms with Crippen molar-refractivity contribution in [2.24, 2.45) is 0 Å². The SMILES string of the molecule is CCOCCOc1c(Br)cccc1CBr. The first-order valence-electron chi connectivity index (χ1n) is 4.83. The van der Waals surface area contributed by atoms with Crippen LogP contribution in [0.2, 0.25) is 0 Å². The highest BCUT2D eigenvalue weighted by Crippen LogP contribution is 2.30. The summed E-state index contributed by atoms with van der Waals surface area (Å²) in [4.78, 5) is 0. The monoisotopic (exact) mass is 336 g/mol. The summed E-state index contributed by atoms with van der Waals surface area (Å²) in [5.41, 5.74) is 1.14. The molecule has 0 radical (unpaired) electrons. The molecule has 1 aromatic rings. The van der Waals surface area contributed by atoms with Crippen LogP contribution in [-0.2, 0) is 10.1 Å². The van der Waals surface area contributed by atoms with Crippen LogP contribution in [0, 0.1) is 0 Å². The number of hydrogen-bond donors (Lipinski definition) is 0. The molecule has 1 rings (SSSR count). The number of ether oxygens (including phenoxy) is 2. The van der Waals surface area contributed by atoms with Gasteiger partial charge in [0.15, 0.2) is 0 Å². The van der Waals surface area contributed by atoms with Crippen LogP contribution in [0.3, 0.4) is 0 Å². The Morgan fingerprint density at radius 1 is 1.27 bits per heavy atom. The summed E-state index contributed by atoms with van der Waals surface area (Å²) < 4.78 is 11.9. The van der Waals surface area contributed by atoms with E-state index in [2.05, 4.69) is 31.9 Å². The largest absolute Gasteiger partial charge is 0.490 e. The quantitative estimate of drug-likeness (QED) is 0.581. The van der Waals surface area contributed by atoms with Gasteiger partial charge in [-0.3, -0.25) is 0 Å².